The molecule has 0 amide bonds. The molecule has 0 bridgehead atoms. The Kier molecular flexibility index (Phi) is 7.09. The zero-order valence-electron chi connectivity index (χ0n) is 19.2. The molecule has 2 aromatic heterocycles. The van der Waals surface area contributed by atoms with Crippen molar-refractivity contribution in [2.24, 2.45) is 5.10 Å². The molecule has 8 nitrogen and oxygen atoms in total. The van der Waals surface area contributed by atoms with Gasteiger partial charge in [-0.15, -0.1) is 5.10 Å². The maximum atomic E-state index is 4.88. The third-order valence-corrected chi connectivity index (χ3v) is 5.76. The predicted octanol–water partition coefficient (Wildman–Crippen LogP) is 4.66. The molecule has 168 valence electrons. The van der Waals surface area contributed by atoms with E-state index in [1.807, 2.05) is 6.20 Å². The minimum absolute atomic E-state index is 0.268. The second-order valence-electron chi connectivity index (χ2n) is 8.40. The van der Waals surface area contributed by atoms with Crippen LogP contribution in [0.25, 0.3) is 22.6 Å². The summed E-state index contributed by atoms with van der Waals surface area (Å²) in [5.41, 5.74) is 5.14. The monoisotopic (exact) mass is 432 g/mol. The molecule has 1 atom stereocenters. The first kappa shape index (κ1) is 21.9. The molecule has 0 fully saturated rings. The molecule has 3 heterocycles. The number of pyridine rings is 1. The van der Waals surface area contributed by atoms with Crippen molar-refractivity contribution in [1.29, 1.82) is 0 Å². The molecule has 0 radical (unpaired) electrons. The molecule has 0 aliphatic carbocycles. The third-order valence-electron chi connectivity index (χ3n) is 5.76. The number of aryl methyl sites for hydroxylation is 1. The van der Waals surface area contributed by atoms with Crippen molar-refractivity contribution >= 4 is 5.84 Å². The molecule has 0 saturated carbocycles. The lowest BCUT2D eigenvalue weighted by atomic mass is 10.0. The number of nitrogens with zero attached hydrogens (tertiary/aromatic N) is 6. The van der Waals surface area contributed by atoms with Crippen LogP contribution in [0.4, 0.5) is 0 Å². The van der Waals surface area contributed by atoms with Gasteiger partial charge < -0.3 is 5.32 Å². The molecule has 1 unspecified atom stereocenters. The maximum Gasteiger partial charge on any atom is 0.180 e. The van der Waals surface area contributed by atoms with Gasteiger partial charge in [0.1, 0.15) is 12.0 Å². The molecule has 32 heavy (non-hydrogen) atoms. The molecule has 1 aromatic carbocycles. The van der Waals surface area contributed by atoms with E-state index < -0.39 is 0 Å². The Hall–Kier alpha value is -3.29. The van der Waals surface area contributed by atoms with E-state index in [9.17, 15) is 0 Å². The Balaban J connectivity index is 1.52. The molecular formula is C24H32N8. The van der Waals surface area contributed by atoms with Crippen molar-refractivity contribution < 1.29 is 0 Å². The highest BCUT2D eigenvalue weighted by atomic mass is 15.6. The van der Waals surface area contributed by atoms with Gasteiger partial charge in [-0.3, -0.25) is 9.99 Å². The number of aromatic amines is 1. The van der Waals surface area contributed by atoms with E-state index in [1.54, 1.807) is 0 Å². The average molecular weight is 433 g/mol. The SMILES string of the molecule is CCCCC1=NN(Cc2ccc(-c3ccc(C)cc3-c3nnn[nH]3)nc2)C(CCCC)N1. The Bertz CT molecular complexity index is 1030. The number of hydrogen-bond donors (Lipinski definition) is 2. The highest BCUT2D eigenvalue weighted by Crippen LogP contribution is 2.30. The van der Waals surface area contributed by atoms with Gasteiger partial charge in [-0.25, -0.2) is 5.10 Å². The number of H-pyrrole nitrogens is 1. The summed E-state index contributed by atoms with van der Waals surface area (Å²) >= 11 is 0. The van der Waals surface area contributed by atoms with Gasteiger partial charge in [0.05, 0.1) is 12.2 Å². The van der Waals surface area contributed by atoms with Gasteiger partial charge in [0.15, 0.2) is 5.82 Å². The normalized spacial score (nSPS) is 15.7. The maximum absolute atomic E-state index is 4.88. The summed E-state index contributed by atoms with van der Waals surface area (Å²) in [6, 6.07) is 10.4. The van der Waals surface area contributed by atoms with E-state index in [0.29, 0.717) is 5.82 Å². The molecule has 8 heteroatoms. The van der Waals surface area contributed by atoms with Crippen LogP contribution in [0.1, 0.15) is 63.5 Å². The number of benzene rings is 1. The van der Waals surface area contributed by atoms with E-state index in [-0.39, 0.29) is 6.17 Å². The fourth-order valence-electron chi connectivity index (χ4n) is 3.97. The van der Waals surface area contributed by atoms with Crippen LogP contribution < -0.4 is 5.32 Å². The van der Waals surface area contributed by atoms with Gasteiger partial charge in [-0.1, -0.05) is 50.5 Å². The number of rotatable bonds is 10. The van der Waals surface area contributed by atoms with Crippen LogP contribution in [0, 0.1) is 6.92 Å². The number of hydrogen-bond acceptors (Lipinski definition) is 7. The fourth-order valence-corrected chi connectivity index (χ4v) is 3.97. The van der Waals surface area contributed by atoms with E-state index in [2.05, 4.69) is 82.1 Å². The second kappa shape index (κ2) is 10.3. The predicted molar refractivity (Wildman–Crippen MR) is 127 cm³/mol. The van der Waals surface area contributed by atoms with Crippen LogP contribution in [0.5, 0.6) is 0 Å². The van der Waals surface area contributed by atoms with Gasteiger partial charge in [-0.2, -0.15) is 5.10 Å². The standard InChI is InChI=1S/C24H32N8/c1-4-6-8-22-26-23(9-7-5-2)32(29-22)16-18-11-13-21(25-15-18)19-12-10-17(3)14-20(19)24-27-30-31-28-24/h10-15,23H,4-9,16H2,1-3H3,(H,26,29)(H,27,28,30,31). The topological polar surface area (TPSA) is 95.0 Å². The lowest BCUT2D eigenvalue weighted by Crippen LogP contribution is -2.37. The van der Waals surface area contributed by atoms with Crippen molar-refractivity contribution in [3.8, 4) is 22.6 Å². The number of unbranched alkanes of at least 4 members (excludes halogenated alkanes) is 2. The van der Waals surface area contributed by atoms with Gasteiger partial charge in [0.2, 0.25) is 0 Å². The second-order valence-corrected chi connectivity index (χ2v) is 8.40. The highest BCUT2D eigenvalue weighted by Gasteiger charge is 2.24. The first-order valence-electron chi connectivity index (χ1n) is 11.6. The zero-order valence-corrected chi connectivity index (χ0v) is 19.2. The lowest BCUT2D eigenvalue weighted by Gasteiger charge is -2.23. The van der Waals surface area contributed by atoms with Gasteiger partial charge in [-0.05, 0) is 54.3 Å². The van der Waals surface area contributed by atoms with Gasteiger partial charge in [0.25, 0.3) is 0 Å². The number of amidine groups is 1. The minimum Gasteiger partial charge on any atom is -0.351 e. The summed E-state index contributed by atoms with van der Waals surface area (Å²) in [6.45, 7) is 7.25. The van der Waals surface area contributed by atoms with Crippen LogP contribution in [-0.4, -0.2) is 42.6 Å². The van der Waals surface area contributed by atoms with Crippen molar-refractivity contribution in [2.75, 3.05) is 0 Å². The van der Waals surface area contributed by atoms with Crippen LogP contribution in [-0.2, 0) is 6.54 Å². The fraction of sp³-hybridized carbons (Fsp3) is 0.458. The molecule has 4 rings (SSSR count). The zero-order chi connectivity index (χ0) is 22.3. The van der Waals surface area contributed by atoms with Crippen molar-refractivity contribution in [3.63, 3.8) is 0 Å². The minimum atomic E-state index is 0.268. The Morgan fingerprint density at radius 3 is 2.62 bits per heavy atom. The van der Waals surface area contributed by atoms with Crippen LogP contribution >= 0.6 is 0 Å². The first-order valence-corrected chi connectivity index (χ1v) is 11.6. The number of hydrazone groups is 1. The number of nitrogens with one attached hydrogen (secondary N) is 2. The van der Waals surface area contributed by atoms with Crippen molar-refractivity contribution in [2.45, 2.75) is 72.0 Å². The molecule has 1 aliphatic rings. The summed E-state index contributed by atoms with van der Waals surface area (Å²) in [6.07, 6.45) is 9.05. The Morgan fingerprint density at radius 2 is 1.91 bits per heavy atom. The van der Waals surface area contributed by atoms with E-state index >= 15 is 0 Å². The van der Waals surface area contributed by atoms with Crippen molar-refractivity contribution in [1.82, 2.24) is 35.9 Å². The third kappa shape index (κ3) is 5.12. The van der Waals surface area contributed by atoms with Gasteiger partial charge >= 0.3 is 0 Å². The highest BCUT2D eigenvalue weighted by molar-refractivity contribution is 5.83. The largest absolute Gasteiger partial charge is 0.351 e. The molecule has 0 spiro atoms. The molecule has 1 aliphatic heterocycles. The molecular weight excluding hydrogens is 400 g/mol. The van der Waals surface area contributed by atoms with Gasteiger partial charge in [0, 0.05) is 23.7 Å². The lowest BCUT2D eigenvalue weighted by molar-refractivity contribution is 0.194. The smallest absolute Gasteiger partial charge is 0.180 e. The molecule has 3 aromatic rings. The summed E-state index contributed by atoms with van der Waals surface area (Å²) in [7, 11) is 0. The average Bonchev–Trinajstić information content (AvgIpc) is 3.47. The first-order chi connectivity index (χ1) is 15.7. The number of tetrazole rings is 1. The summed E-state index contributed by atoms with van der Waals surface area (Å²) in [5, 5.41) is 25.1. The summed E-state index contributed by atoms with van der Waals surface area (Å²) < 4.78 is 0. The van der Waals surface area contributed by atoms with E-state index in [1.165, 1.54) is 19.3 Å². The Labute approximate surface area is 189 Å². The van der Waals surface area contributed by atoms with Crippen molar-refractivity contribution in [3.05, 3.63) is 47.7 Å². The molecule has 0 saturated heterocycles. The van der Waals surface area contributed by atoms with Crippen LogP contribution in [0.3, 0.4) is 0 Å². The quantitative estimate of drug-likeness (QED) is 0.484. The summed E-state index contributed by atoms with van der Waals surface area (Å²) in [5.74, 6) is 1.76. The summed E-state index contributed by atoms with van der Waals surface area (Å²) in [4.78, 5) is 4.77. The molecule has 2 N–H and O–H groups in total. The van der Waals surface area contributed by atoms with E-state index in [0.717, 1.165) is 59.6 Å². The Morgan fingerprint density at radius 1 is 1.03 bits per heavy atom. The number of aromatic nitrogens is 5. The van der Waals surface area contributed by atoms with Crippen LogP contribution in [0.2, 0.25) is 0 Å². The van der Waals surface area contributed by atoms with Crippen LogP contribution in [0.15, 0.2) is 41.6 Å². The van der Waals surface area contributed by atoms with E-state index in [4.69, 9.17) is 10.1 Å².